The van der Waals surface area contributed by atoms with E-state index in [1.54, 1.807) is 11.0 Å². The molecule has 1 saturated heterocycles. The van der Waals surface area contributed by atoms with Crippen molar-refractivity contribution in [3.63, 3.8) is 0 Å². The van der Waals surface area contributed by atoms with Gasteiger partial charge in [-0.1, -0.05) is 13.0 Å². The Bertz CT molecular complexity index is 920. The van der Waals surface area contributed by atoms with Gasteiger partial charge >= 0.3 is 12.1 Å². The number of piperidine rings is 1. The number of aromatic carboxylic acids is 1. The lowest BCUT2D eigenvalue weighted by molar-refractivity contribution is -0.137. The van der Waals surface area contributed by atoms with Crippen LogP contribution in [0.3, 0.4) is 0 Å². The molecule has 9 heteroatoms. The molecule has 1 aliphatic rings. The van der Waals surface area contributed by atoms with E-state index in [9.17, 15) is 27.5 Å². The molecule has 1 atom stereocenters. The van der Waals surface area contributed by atoms with Crippen LogP contribution in [-0.4, -0.2) is 30.3 Å². The van der Waals surface area contributed by atoms with E-state index in [0.29, 0.717) is 36.4 Å². The molecule has 1 aliphatic heterocycles. The first-order valence-electron chi connectivity index (χ1n) is 9.58. The standard InChI is InChI=1S/C21H22F4N2O2S/c1-2-13-5-6-14(20(28)29)10-19(13)30-26-17-11-15(21(23,24)25)7-8-18(17)27-9-3-4-16(22)12-27/h5-8,10-11,16,26H,2-4,9,12H2,1H3,(H,28,29). The molecule has 0 bridgehead atoms. The average Bonchev–Trinajstić information content (AvgIpc) is 2.71. The fourth-order valence-corrected chi connectivity index (χ4v) is 4.31. The number of hydrogen-bond acceptors (Lipinski definition) is 4. The summed E-state index contributed by atoms with van der Waals surface area (Å²) in [5, 5.41) is 9.23. The van der Waals surface area contributed by atoms with Crippen molar-refractivity contribution in [1.82, 2.24) is 0 Å². The third-order valence-electron chi connectivity index (χ3n) is 4.99. The van der Waals surface area contributed by atoms with Crippen molar-refractivity contribution in [2.45, 2.75) is 43.4 Å². The van der Waals surface area contributed by atoms with Crippen LogP contribution in [0.25, 0.3) is 0 Å². The number of halogens is 4. The molecule has 2 N–H and O–H groups in total. The van der Waals surface area contributed by atoms with Gasteiger partial charge in [-0.05, 0) is 67.1 Å². The molecule has 2 aromatic rings. The number of carboxylic acids is 1. The lowest BCUT2D eigenvalue weighted by Crippen LogP contribution is -2.36. The van der Waals surface area contributed by atoms with E-state index in [0.717, 1.165) is 29.6 Å². The minimum atomic E-state index is -4.51. The van der Waals surface area contributed by atoms with Gasteiger partial charge in [0.15, 0.2) is 0 Å². The first-order valence-corrected chi connectivity index (χ1v) is 10.4. The Kier molecular flexibility index (Phi) is 6.80. The van der Waals surface area contributed by atoms with Gasteiger partial charge in [0.2, 0.25) is 0 Å². The maximum Gasteiger partial charge on any atom is 0.416 e. The second kappa shape index (κ2) is 9.16. The SMILES string of the molecule is CCc1ccc(C(=O)O)cc1SNc1cc(C(F)(F)F)ccc1N1CCCC(F)C1. The molecule has 2 aromatic carbocycles. The lowest BCUT2D eigenvalue weighted by atomic mass is 10.1. The molecule has 0 aromatic heterocycles. The minimum Gasteiger partial charge on any atom is -0.478 e. The zero-order valence-corrected chi connectivity index (χ0v) is 17.1. The minimum absolute atomic E-state index is 0.0945. The third-order valence-corrected chi connectivity index (χ3v) is 5.92. The lowest BCUT2D eigenvalue weighted by Gasteiger charge is -2.32. The third kappa shape index (κ3) is 5.19. The molecule has 0 aliphatic carbocycles. The smallest absolute Gasteiger partial charge is 0.416 e. The number of nitrogens with zero attached hydrogens (tertiary/aromatic N) is 1. The van der Waals surface area contributed by atoms with Crippen molar-refractivity contribution in [3.8, 4) is 0 Å². The largest absolute Gasteiger partial charge is 0.478 e. The number of aryl methyl sites for hydroxylation is 1. The Morgan fingerprint density at radius 1 is 1.27 bits per heavy atom. The normalized spacial score (nSPS) is 17.1. The first-order chi connectivity index (χ1) is 14.2. The van der Waals surface area contributed by atoms with Gasteiger partial charge in [-0.2, -0.15) is 13.2 Å². The van der Waals surface area contributed by atoms with Crippen molar-refractivity contribution in [2.75, 3.05) is 22.7 Å². The molecule has 3 rings (SSSR count). The summed E-state index contributed by atoms with van der Waals surface area (Å²) in [4.78, 5) is 13.6. The predicted octanol–water partition coefficient (Wildman–Crippen LogP) is 6.02. The highest BCUT2D eigenvalue weighted by Gasteiger charge is 2.32. The summed E-state index contributed by atoms with van der Waals surface area (Å²) >= 11 is 1.05. The Labute approximate surface area is 176 Å². The number of nitrogens with one attached hydrogen (secondary N) is 1. The van der Waals surface area contributed by atoms with Crippen LogP contribution in [0.4, 0.5) is 28.9 Å². The second-order valence-corrected chi connectivity index (χ2v) is 7.95. The van der Waals surface area contributed by atoms with Gasteiger partial charge in [0.1, 0.15) is 6.17 Å². The van der Waals surface area contributed by atoms with Crippen LogP contribution < -0.4 is 9.62 Å². The maximum atomic E-state index is 13.9. The van der Waals surface area contributed by atoms with Crippen molar-refractivity contribution >= 4 is 29.3 Å². The highest BCUT2D eigenvalue weighted by atomic mass is 32.2. The van der Waals surface area contributed by atoms with E-state index in [4.69, 9.17) is 0 Å². The topological polar surface area (TPSA) is 52.6 Å². The Morgan fingerprint density at radius 3 is 2.67 bits per heavy atom. The fraction of sp³-hybridized carbons (Fsp3) is 0.381. The van der Waals surface area contributed by atoms with E-state index >= 15 is 0 Å². The van der Waals surface area contributed by atoms with E-state index < -0.39 is 23.9 Å². The van der Waals surface area contributed by atoms with Crippen LogP contribution in [0.1, 0.15) is 41.3 Å². The summed E-state index contributed by atoms with van der Waals surface area (Å²) in [7, 11) is 0. The van der Waals surface area contributed by atoms with Gasteiger partial charge in [0.05, 0.1) is 22.5 Å². The molecule has 0 saturated carbocycles. The Morgan fingerprint density at radius 2 is 2.03 bits per heavy atom. The van der Waals surface area contributed by atoms with Gasteiger partial charge in [-0.15, -0.1) is 0 Å². The molecule has 1 heterocycles. The predicted molar refractivity (Wildman–Crippen MR) is 110 cm³/mol. The number of hydrogen-bond donors (Lipinski definition) is 2. The molecule has 0 radical (unpaired) electrons. The molecular weight excluding hydrogens is 420 g/mol. The zero-order valence-electron chi connectivity index (χ0n) is 16.3. The second-order valence-electron chi connectivity index (χ2n) is 7.10. The van der Waals surface area contributed by atoms with Crippen LogP contribution in [0.15, 0.2) is 41.3 Å². The summed E-state index contributed by atoms with van der Waals surface area (Å²) in [5.74, 6) is -1.08. The van der Waals surface area contributed by atoms with Gasteiger partial charge in [-0.3, -0.25) is 0 Å². The molecular formula is C21H22F4N2O2S. The van der Waals surface area contributed by atoms with Crippen LogP contribution in [-0.2, 0) is 12.6 Å². The Hall–Kier alpha value is -2.42. The van der Waals surface area contributed by atoms with Crippen molar-refractivity contribution in [1.29, 1.82) is 0 Å². The number of anilines is 2. The summed E-state index contributed by atoms with van der Waals surface area (Å²) in [6.07, 6.45) is -3.84. The fourth-order valence-electron chi connectivity index (χ4n) is 3.40. The molecule has 4 nitrogen and oxygen atoms in total. The molecule has 0 spiro atoms. The van der Waals surface area contributed by atoms with Gasteiger partial charge in [0, 0.05) is 18.0 Å². The average molecular weight is 442 g/mol. The van der Waals surface area contributed by atoms with Gasteiger partial charge < -0.3 is 14.7 Å². The van der Waals surface area contributed by atoms with Crippen LogP contribution in [0.5, 0.6) is 0 Å². The van der Waals surface area contributed by atoms with Crippen LogP contribution >= 0.6 is 11.9 Å². The number of alkyl halides is 4. The Balaban J connectivity index is 1.93. The molecule has 0 amide bonds. The summed E-state index contributed by atoms with van der Waals surface area (Å²) in [6.45, 7) is 2.59. The summed E-state index contributed by atoms with van der Waals surface area (Å²) in [5.41, 5.74) is 0.861. The van der Waals surface area contributed by atoms with E-state index in [2.05, 4.69) is 4.72 Å². The number of rotatable bonds is 6. The zero-order chi connectivity index (χ0) is 21.9. The quantitative estimate of drug-likeness (QED) is 0.423. The first kappa shape index (κ1) is 22.3. The van der Waals surface area contributed by atoms with Gasteiger partial charge in [0.25, 0.3) is 0 Å². The van der Waals surface area contributed by atoms with Crippen molar-refractivity contribution in [2.24, 2.45) is 0 Å². The van der Waals surface area contributed by atoms with E-state index in [-0.39, 0.29) is 17.8 Å². The summed E-state index contributed by atoms with van der Waals surface area (Å²) < 4.78 is 56.6. The molecule has 30 heavy (non-hydrogen) atoms. The molecule has 1 fully saturated rings. The summed E-state index contributed by atoms with van der Waals surface area (Å²) in [6, 6.07) is 8.05. The monoisotopic (exact) mass is 442 g/mol. The van der Waals surface area contributed by atoms with Gasteiger partial charge in [-0.25, -0.2) is 9.18 Å². The maximum absolute atomic E-state index is 13.9. The highest BCUT2D eigenvalue weighted by Crippen LogP contribution is 2.38. The van der Waals surface area contributed by atoms with Crippen LogP contribution in [0.2, 0.25) is 0 Å². The van der Waals surface area contributed by atoms with E-state index in [1.807, 2.05) is 6.92 Å². The highest BCUT2D eigenvalue weighted by molar-refractivity contribution is 8.00. The van der Waals surface area contributed by atoms with Crippen LogP contribution in [0, 0.1) is 0 Å². The molecule has 1 unspecified atom stereocenters. The molecule has 162 valence electrons. The number of carbonyl (C=O) groups is 1. The van der Waals surface area contributed by atoms with E-state index in [1.165, 1.54) is 18.2 Å². The number of benzene rings is 2. The van der Waals surface area contributed by atoms with Crippen molar-refractivity contribution in [3.05, 3.63) is 53.1 Å². The number of carboxylic acid groups (broad SMARTS) is 1. The van der Waals surface area contributed by atoms with Crippen molar-refractivity contribution < 1.29 is 27.5 Å².